The lowest BCUT2D eigenvalue weighted by atomic mass is 10.0. The highest BCUT2D eigenvalue weighted by atomic mass is 32.1. The summed E-state index contributed by atoms with van der Waals surface area (Å²) in [6.45, 7) is 5.87. The van der Waals surface area contributed by atoms with Crippen LogP contribution in [0.5, 0.6) is 0 Å². The Labute approximate surface area is 151 Å². The van der Waals surface area contributed by atoms with Crippen molar-refractivity contribution in [2.75, 3.05) is 24.2 Å². The SMILES string of the molecule is CC(C)c1ccccc1NC(=O)C(=O)Nc1nc2c(s1)CN(C)CC2. The topological polar surface area (TPSA) is 74.3 Å². The quantitative estimate of drug-likeness (QED) is 0.828. The number of hydrogen-bond acceptors (Lipinski definition) is 5. The second-order valence-electron chi connectivity index (χ2n) is 6.53. The summed E-state index contributed by atoms with van der Waals surface area (Å²) < 4.78 is 0. The van der Waals surface area contributed by atoms with E-state index < -0.39 is 11.8 Å². The Bertz CT molecular complexity index is 800. The Kier molecular flexibility index (Phi) is 5.15. The fourth-order valence-electron chi connectivity index (χ4n) is 2.82. The molecule has 1 aromatic heterocycles. The zero-order chi connectivity index (χ0) is 18.0. The molecule has 0 unspecified atom stereocenters. The first-order valence-electron chi connectivity index (χ1n) is 8.32. The largest absolute Gasteiger partial charge is 0.318 e. The molecule has 0 atom stereocenters. The van der Waals surface area contributed by atoms with Crippen LogP contribution in [0.15, 0.2) is 24.3 Å². The predicted octanol–water partition coefficient (Wildman–Crippen LogP) is 2.83. The Morgan fingerprint density at radius 1 is 1.20 bits per heavy atom. The molecule has 132 valence electrons. The second kappa shape index (κ2) is 7.33. The molecular formula is C18H22N4O2S. The molecule has 0 bridgehead atoms. The summed E-state index contributed by atoms with van der Waals surface area (Å²) in [6.07, 6.45) is 0.867. The molecule has 6 nitrogen and oxygen atoms in total. The van der Waals surface area contributed by atoms with Crippen LogP contribution in [0.25, 0.3) is 0 Å². The van der Waals surface area contributed by atoms with E-state index in [2.05, 4.69) is 27.6 Å². The lowest BCUT2D eigenvalue weighted by Crippen LogP contribution is -2.29. The van der Waals surface area contributed by atoms with Crippen LogP contribution in [0.2, 0.25) is 0 Å². The molecule has 0 saturated heterocycles. The highest BCUT2D eigenvalue weighted by Crippen LogP contribution is 2.28. The Balaban J connectivity index is 1.67. The molecule has 7 heteroatoms. The van der Waals surface area contributed by atoms with Gasteiger partial charge < -0.3 is 10.2 Å². The number of fused-ring (bicyclic) bond motifs is 1. The van der Waals surface area contributed by atoms with Crippen molar-refractivity contribution in [1.29, 1.82) is 0 Å². The first-order valence-corrected chi connectivity index (χ1v) is 9.14. The molecule has 2 aromatic rings. The van der Waals surface area contributed by atoms with Gasteiger partial charge in [0.15, 0.2) is 5.13 Å². The number of thiazole rings is 1. The van der Waals surface area contributed by atoms with Crippen molar-refractivity contribution in [1.82, 2.24) is 9.88 Å². The van der Waals surface area contributed by atoms with Crippen LogP contribution in [0, 0.1) is 0 Å². The summed E-state index contributed by atoms with van der Waals surface area (Å²) in [4.78, 5) is 32.2. The van der Waals surface area contributed by atoms with Gasteiger partial charge in [-0.25, -0.2) is 4.98 Å². The van der Waals surface area contributed by atoms with Gasteiger partial charge in [-0.2, -0.15) is 0 Å². The van der Waals surface area contributed by atoms with Crippen molar-refractivity contribution in [2.45, 2.75) is 32.7 Å². The summed E-state index contributed by atoms with van der Waals surface area (Å²) in [6, 6.07) is 7.51. The number of anilines is 2. The maximum atomic E-state index is 12.2. The van der Waals surface area contributed by atoms with E-state index >= 15 is 0 Å². The average Bonchev–Trinajstić information content (AvgIpc) is 2.96. The number of aromatic nitrogens is 1. The van der Waals surface area contributed by atoms with Crippen molar-refractivity contribution in [3.8, 4) is 0 Å². The van der Waals surface area contributed by atoms with Gasteiger partial charge in [-0.15, -0.1) is 11.3 Å². The van der Waals surface area contributed by atoms with Crippen molar-refractivity contribution in [3.63, 3.8) is 0 Å². The predicted molar refractivity (Wildman–Crippen MR) is 99.9 cm³/mol. The molecule has 0 spiro atoms. The van der Waals surface area contributed by atoms with Crippen LogP contribution in [0.1, 0.15) is 35.9 Å². The third-order valence-electron chi connectivity index (χ3n) is 4.18. The molecule has 1 aromatic carbocycles. The summed E-state index contributed by atoms with van der Waals surface area (Å²) >= 11 is 1.43. The third kappa shape index (κ3) is 4.05. The lowest BCUT2D eigenvalue weighted by Gasteiger charge is -2.20. The molecule has 1 aliphatic heterocycles. The molecule has 2 heterocycles. The van der Waals surface area contributed by atoms with Crippen LogP contribution in [0.4, 0.5) is 10.8 Å². The van der Waals surface area contributed by atoms with Gasteiger partial charge in [-0.1, -0.05) is 32.0 Å². The molecule has 2 amide bonds. The molecule has 3 rings (SSSR count). The number of carbonyl (C=O) groups excluding carboxylic acids is 2. The van der Waals surface area contributed by atoms with Crippen molar-refractivity contribution in [2.24, 2.45) is 0 Å². The fourth-order valence-corrected chi connectivity index (χ4v) is 3.91. The molecule has 25 heavy (non-hydrogen) atoms. The molecule has 1 aliphatic rings. The minimum atomic E-state index is -0.696. The van der Waals surface area contributed by atoms with Gasteiger partial charge in [0.2, 0.25) is 0 Å². The van der Waals surface area contributed by atoms with E-state index in [-0.39, 0.29) is 5.92 Å². The summed E-state index contributed by atoms with van der Waals surface area (Å²) in [5, 5.41) is 5.80. The number of carbonyl (C=O) groups is 2. The number of benzene rings is 1. The van der Waals surface area contributed by atoms with Gasteiger partial charge in [0.25, 0.3) is 0 Å². The highest BCUT2D eigenvalue weighted by molar-refractivity contribution is 7.16. The van der Waals surface area contributed by atoms with Crippen LogP contribution in [0.3, 0.4) is 0 Å². The summed E-state index contributed by atoms with van der Waals surface area (Å²) in [5.41, 5.74) is 2.68. The Morgan fingerprint density at radius 2 is 1.92 bits per heavy atom. The van der Waals surface area contributed by atoms with E-state index in [9.17, 15) is 9.59 Å². The van der Waals surface area contributed by atoms with E-state index in [1.165, 1.54) is 11.3 Å². The number of para-hydroxylation sites is 1. The van der Waals surface area contributed by atoms with E-state index in [0.717, 1.165) is 35.6 Å². The number of nitrogens with one attached hydrogen (secondary N) is 2. The number of amides is 2. The Hall–Kier alpha value is -2.25. The normalized spacial score (nSPS) is 14.2. The van der Waals surface area contributed by atoms with E-state index in [1.54, 1.807) is 6.07 Å². The van der Waals surface area contributed by atoms with Crippen LogP contribution >= 0.6 is 11.3 Å². The van der Waals surface area contributed by atoms with Gasteiger partial charge >= 0.3 is 11.8 Å². The first-order chi connectivity index (χ1) is 11.9. The van der Waals surface area contributed by atoms with Crippen LogP contribution in [-0.2, 0) is 22.6 Å². The summed E-state index contributed by atoms with van der Waals surface area (Å²) in [5.74, 6) is -1.13. The molecule has 0 fully saturated rings. The molecule has 0 aliphatic carbocycles. The zero-order valence-corrected chi connectivity index (χ0v) is 15.4. The number of rotatable bonds is 3. The lowest BCUT2D eigenvalue weighted by molar-refractivity contribution is -0.133. The van der Waals surface area contributed by atoms with Gasteiger partial charge in [-0.05, 0) is 24.6 Å². The maximum absolute atomic E-state index is 12.2. The van der Waals surface area contributed by atoms with Crippen molar-refractivity contribution >= 4 is 34.0 Å². The van der Waals surface area contributed by atoms with Gasteiger partial charge in [0.1, 0.15) is 0 Å². The molecule has 0 radical (unpaired) electrons. The van der Waals surface area contributed by atoms with E-state index in [4.69, 9.17) is 0 Å². The first kappa shape index (κ1) is 17.6. The number of hydrogen-bond donors (Lipinski definition) is 2. The minimum absolute atomic E-state index is 0.252. The highest BCUT2D eigenvalue weighted by Gasteiger charge is 2.21. The second-order valence-corrected chi connectivity index (χ2v) is 7.61. The summed E-state index contributed by atoms with van der Waals surface area (Å²) in [7, 11) is 2.06. The minimum Gasteiger partial charge on any atom is -0.318 e. The monoisotopic (exact) mass is 358 g/mol. The van der Waals surface area contributed by atoms with Crippen LogP contribution < -0.4 is 10.6 Å². The van der Waals surface area contributed by atoms with Gasteiger partial charge in [0.05, 0.1) is 5.69 Å². The molecule has 2 N–H and O–H groups in total. The Morgan fingerprint density at radius 3 is 2.68 bits per heavy atom. The maximum Gasteiger partial charge on any atom is 0.315 e. The van der Waals surface area contributed by atoms with Crippen molar-refractivity contribution in [3.05, 3.63) is 40.4 Å². The fraction of sp³-hybridized carbons (Fsp3) is 0.389. The van der Waals surface area contributed by atoms with E-state index in [0.29, 0.717) is 10.8 Å². The third-order valence-corrected chi connectivity index (χ3v) is 5.18. The van der Waals surface area contributed by atoms with E-state index in [1.807, 2.05) is 32.0 Å². The number of likely N-dealkylation sites (N-methyl/N-ethyl adjacent to an activating group) is 1. The molecular weight excluding hydrogens is 336 g/mol. The van der Waals surface area contributed by atoms with Gasteiger partial charge in [-0.3, -0.25) is 14.9 Å². The van der Waals surface area contributed by atoms with Crippen molar-refractivity contribution < 1.29 is 9.59 Å². The standard InChI is InChI=1S/C18H22N4O2S/c1-11(2)12-6-4-5-7-13(12)19-16(23)17(24)21-18-20-14-8-9-22(3)10-15(14)25-18/h4-7,11H,8-10H2,1-3H3,(H,19,23)(H,20,21,24). The zero-order valence-electron chi connectivity index (χ0n) is 14.6. The molecule has 0 saturated carbocycles. The smallest absolute Gasteiger partial charge is 0.315 e. The van der Waals surface area contributed by atoms with Gasteiger partial charge in [0, 0.05) is 30.1 Å². The van der Waals surface area contributed by atoms with Crippen LogP contribution in [-0.4, -0.2) is 35.3 Å². The number of nitrogens with zero attached hydrogens (tertiary/aromatic N) is 2. The average molecular weight is 358 g/mol.